The Labute approximate surface area is 170 Å². The van der Waals surface area contributed by atoms with Crippen LogP contribution in [0.15, 0.2) is 59.1 Å². The molecule has 0 bridgehead atoms. The number of hydrogen-bond acceptors (Lipinski definition) is 6. The Kier molecular flexibility index (Phi) is 4.90. The zero-order valence-electron chi connectivity index (χ0n) is 14.6. The number of aromatic nitrogens is 2. The number of benzene rings is 2. The van der Waals surface area contributed by atoms with E-state index in [-0.39, 0.29) is 5.78 Å². The van der Waals surface area contributed by atoms with Crippen molar-refractivity contribution < 1.29 is 13.9 Å². The normalized spacial score (nSPS) is 10.8. The number of anilines is 2. The molecule has 0 radical (unpaired) electrons. The second-order valence-electron chi connectivity index (χ2n) is 5.94. The molecule has 8 heteroatoms. The molecule has 2 aromatic carbocycles. The number of carbonyl (C=O) groups is 1. The predicted octanol–water partition coefficient (Wildman–Crippen LogP) is 6.27. The van der Waals surface area contributed by atoms with Gasteiger partial charge in [0.1, 0.15) is 22.7 Å². The van der Waals surface area contributed by atoms with Crippen LogP contribution in [-0.2, 0) is 0 Å². The Bertz CT molecular complexity index is 1190. The van der Waals surface area contributed by atoms with Crippen LogP contribution in [0.2, 0.25) is 10.0 Å². The van der Waals surface area contributed by atoms with Crippen molar-refractivity contribution in [2.75, 3.05) is 5.32 Å². The van der Waals surface area contributed by atoms with Crippen LogP contribution in [-0.4, -0.2) is 15.8 Å². The van der Waals surface area contributed by atoms with Gasteiger partial charge in [-0.1, -0.05) is 23.2 Å². The summed E-state index contributed by atoms with van der Waals surface area (Å²) in [4.78, 5) is 19.9. The van der Waals surface area contributed by atoms with Gasteiger partial charge in [0.05, 0.1) is 10.0 Å². The van der Waals surface area contributed by atoms with E-state index in [0.29, 0.717) is 50.0 Å². The number of fused-ring (bicyclic) bond motifs is 1. The van der Waals surface area contributed by atoms with Crippen LogP contribution in [0.5, 0.6) is 11.5 Å². The number of pyridine rings is 1. The van der Waals surface area contributed by atoms with Crippen LogP contribution >= 0.6 is 23.2 Å². The first-order valence-corrected chi connectivity index (χ1v) is 9.01. The fourth-order valence-electron chi connectivity index (χ4n) is 2.52. The first-order valence-electron chi connectivity index (χ1n) is 8.25. The molecule has 140 valence electrons. The van der Waals surface area contributed by atoms with E-state index in [1.54, 1.807) is 48.5 Å². The van der Waals surface area contributed by atoms with Crippen LogP contribution in [0.25, 0.3) is 11.1 Å². The topological polar surface area (TPSA) is 77.2 Å². The smallest absolute Gasteiger partial charge is 0.300 e. The van der Waals surface area contributed by atoms with Gasteiger partial charge in [-0.15, -0.1) is 0 Å². The van der Waals surface area contributed by atoms with Gasteiger partial charge in [-0.3, -0.25) is 9.78 Å². The van der Waals surface area contributed by atoms with Gasteiger partial charge in [0.2, 0.25) is 0 Å². The van der Waals surface area contributed by atoms with E-state index in [2.05, 4.69) is 15.3 Å². The molecule has 0 aliphatic rings. The average Bonchev–Trinajstić information content (AvgIpc) is 3.06. The zero-order valence-corrected chi connectivity index (χ0v) is 16.1. The highest BCUT2D eigenvalue weighted by Gasteiger charge is 2.10. The number of rotatable bonds is 5. The molecule has 6 nitrogen and oxygen atoms in total. The van der Waals surface area contributed by atoms with E-state index >= 15 is 0 Å². The van der Waals surface area contributed by atoms with E-state index in [9.17, 15) is 4.79 Å². The summed E-state index contributed by atoms with van der Waals surface area (Å²) in [5.41, 5.74) is 2.24. The van der Waals surface area contributed by atoms with Crippen LogP contribution in [0.4, 0.5) is 11.7 Å². The summed E-state index contributed by atoms with van der Waals surface area (Å²) in [6, 6.07) is 14.0. The number of Topliss-reactive ketones (excluding diaryl/α,β-unsaturated/α-hetero) is 1. The van der Waals surface area contributed by atoms with Gasteiger partial charge in [-0.2, -0.15) is 4.98 Å². The summed E-state index contributed by atoms with van der Waals surface area (Å²) < 4.78 is 11.5. The lowest BCUT2D eigenvalue weighted by Gasteiger charge is -2.05. The maximum Gasteiger partial charge on any atom is 0.300 e. The summed E-state index contributed by atoms with van der Waals surface area (Å²) >= 11 is 11.9. The highest BCUT2D eigenvalue weighted by molar-refractivity contribution is 6.42. The fraction of sp³-hybridized carbons (Fsp3) is 0.0500. The standard InChI is InChI=1S/C20H13Cl2N3O3/c1-11(26)17-9-14(6-7-23-17)27-13-3-5-19-18(10-13)25-20(28-19)24-12-2-4-15(21)16(22)8-12/h2-10H,1H3,(H,24,25). The molecule has 4 rings (SSSR count). The van der Waals surface area contributed by atoms with Crippen molar-refractivity contribution in [1.82, 2.24) is 9.97 Å². The molecular formula is C20H13Cl2N3O3. The molecule has 0 saturated carbocycles. The van der Waals surface area contributed by atoms with Gasteiger partial charge in [0.15, 0.2) is 11.4 Å². The third-order valence-electron chi connectivity index (χ3n) is 3.86. The summed E-state index contributed by atoms with van der Waals surface area (Å²) in [6.45, 7) is 1.45. The lowest BCUT2D eigenvalue weighted by Crippen LogP contribution is -1.96. The van der Waals surface area contributed by atoms with Crippen molar-refractivity contribution in [3.8, 4) is 11.5 Å². The number of hydrogen-bond donors (Lipinski definition) is 1. The van der Waals surface area contributed by atoms with Crippen molar-refractivity contribution >= 4 is 51.8 Å². The molecule has 28 heavy (non-hydrogen) atoms. The number of nitrogens with one attached hydrogen (secondary N) is 1. The van der Waals surface area contributed by atoms with E-state index in [4.69, 9.17) is 32.4 Å². The van der Waals surface area contributed by atoms with Crippen LogP contribution in [0, 0.1) is 0 Å². The molecule has 4 aromatic rings. The van der Waals surface area contributed by atoms with Crippen LogP contribution in [0.3, 0.4) is 0 Å². The van der Waals surface area contributed by atoms with Gasteiger partial charge in [0, 0.05) is 30.9 Å². The average molecular weight is 414 g/mol. The second-order valence-corrected chi connectivity index (χ2v) is 6.75. The molecule has 0 spiro atoms. The number of nitrogens with zero attached hydrogens (tertiary/aromatic N) is 2. The minimum absolute atomic E-state index is 0.129. The molecule has 0 aliphatic carbocycles. The third-order valence-corrected chi connectivity index (χ3v) is 4.60. The van der Waals surface area contributed by atoms with Gasteiger partial charge < -0.3 is 14.5 Å². The molecule has 2 heterocycles. The Hall–Kier alpha value is -3.09. The van der Waals surface area contributed by atoms with Crippen molar-refractivity contribution in [2.24, 2.45) is 0 Å². The molecular weight excluding hydrogens is 401 g/mol. The van der Waals surface area contributed by atoms with Gasteiger partial charge in [0.25, 0.3) is 6.01 Å². The van der Waals surface area contributed by atoms with Gasteiger partial charge in [-0.05, 0) is 36.4 Å². The van der Waals surface area contributed by atoms with Crippen molar-refractivity contribution in [3.05, 3.63) is 70.5 Å². The van der Waals surface area contributed by atoms with E-state index in [0.717, 1.165) is 0 Å². The molecule has 0 aliphatic heterocycles. The van der Waals surface area contributed by atoms with Crippen molar-refractivity contribution in [3.63, 3.8) is 0 Å². The Morgan fingerprint density at radius 3 is 2.64 bits per heavy atom. The molecule has 0 atom stereocenters. The minimum Gasteiger partial charge on any atom is -0.457 e. The van der Waals surface area contributed by atoms with Crippen molar-refractivity contribution in [2.45, 2.75) is 6.92 Å². The Balaban J connectivity index is 1.57. The van der Waals surface area contributed by atoms with Gasteiger partial charge >= 0.3 is 0 Å². The molecule has 0 amide bonds. The number of carbonyl (C=O) groups excluding carboxylic acids is 1. The number of ether oxygens (including phenoxy) is 1. The SMILES string of the molecule is CC(=O)c1cc(Oc2ccc3oc(Nc4ccc(Cl)c(Cl)c4)nc3c2)ccn1. The van der Waals surface area contributed by atoms with E-state index < -0.39 is 0 Å². The summed E-state index contributed by atoms with van der Waals surface area (Å²) in [5.74, 6) is 0.940. The first-order chi connectivity index (χ1) is 13.5. The third kappa shape index (κ3) is 3.93. The lowest BCUT2D eigenvalue weighted by molar-refractivity contribution is 0.101. The van der Waals surface area contributed by atoms with Crippen LogP contribution < -0.4 is 10.1 Å². The lowest BCUT2D eigenvalue weighted by atomic mass is 10.2. The molecule has 2 aromatic heterocycles. The number of oxazole rings is 1. The monoisotopic (exact) mass is 413 g/mol. The maximum atomic E-state index is 11.5. The van der Waals surface area contributed by atoms with Gasteiger partial charge in [-0.25, -0.2) is 0 Å². The summed E-state index contributed by atoms with van der Waals surface area (Å²) in [5, 5.41) is 3.94. The fourth-order valence-corrected chi connectivity index (χ4v) is 2.82. The maximum absolute atomic E-state index is 11.5. The van der Waals surface area contributed by atoms with Crippen LogP contribution in [0.1, 0.15) is 17.4 Å². The molecule has 0 saturated heterocycles. The zero-order chi connectivity index (χ0) is 19.7. The number of halogens is 2. The molecule has 0 unspecified atom stereocenters. The highest BCUT2D eigenvalue weighted by Crippen LogP contribution is 2.30. The Morgan fingerprint density at radius 1 is 1.04 bits per heavy atom. The van der Waals surface area contributed by atoms with E-state index in [1.165, 1.54) is 13.1 Å². The second kappa shape index (κ2) is 7.50. The van der Waals surface area contributed by atoms with Crippen molar-refractivity contribution in [1.29, 1.82) is 0 Å². The van der Waals surface area contributed by atoms with E-state index in [1.807, 2.05) is 0 Å². The summed E-state index contributed by atoms with van der Waals surface area (Å²) in [7, 11) is 0. The molecule has 0 fully saturated rings. The minimum atomic E-state index is -0.129. The summed E-state index contributed by atoms with van der Waals surface area (Å²) in [6.07, 6.45) is 1.53. The number of ketones is 1. The Morgan fingerprint density at radius 2 is 1.86 bits per heavy atom. The first kappa shape index (κ1) is 18.3. The highest BCUT2D eigenvalue weighted by atomic mass is 35.5. The quantitative estimate of drug-likeness (QED) is 0.388. The molecule has 1 N–H and O–H groups in total. The predicted molar refractivity (Wildman–Crippen MR) is 108 cm³/mol. The largest absolute Gasteiger partial charge is 0.457 e.